The minimum absolute atomic E-state index is 0.617. The van der Waals surface area contributed by atoms with Crippen LogP contribution in [0.15, 0.2) is 53.0 Å². The molecule has 2 aromatic carbocycles. The quantitative estimate of drug-likeness (QED) is 0.727. The van der Waals surface area contributed by atoms with E-state index in [4.69, 9.17) is 0 Å². The van der Waals surface area contributed by atoms with E-state index in [1.807, 2.05) is 0 Å². The van der Waals surface area contributed by atoms with E-state index in [1.165, 1.54) is 47.0 Å². The Hall–Kier alpha value is -1.28. The van der Waals surface area contributed by atoms with Crippen LogP contribution < -0.4 is 5.32 Å². The number of aryl methyl sites for hydroxylation is 1. The Morgan fingerprint density at radius 2 is 1.86 bits per heavy atom. The summed E-state index contributed by atoms with van der Waals surface area (Å²) < 4.78 is 1.18. The fourth-order valence-corrected chi connectivity index (χ4v) is 3.48. The summed E-state index contributed by atoms with van der Waals surface area (Å²) in [5.41, 5.74) is 4.15. The highest BCUT2D eigenvalue weighted by molar-refractivity contribution is 9.10. The average Bonchev–Trinajstić information content (AvgIpc) is 2.44. The molecule has 0 amide bonds. The van der Waals surface area contributed by atoms with Crippen molar-refractivity contribution in [3.05, 3.63) is 64.1 Å². The monoisotopic (exact) mass is 343 g/mol. The highest BCUT2D eigenvalue weighted by Crippen LogP contribution is 2.39. The van der Waals surface area contributed by atoms with Crippen molar-refractivity contribution in [3.8, 4) is 0 Å². The van der Waals surface area contributed by atoms with Crippen LogP contribution in [0.2, 0.25) is 0 Å². The van der Waals surface area contributed by atoms with E-state index in [1.54, 1.807) is 0 Å². The lowest BCUT2D eigenvalue weighted by Crippen LogP contribution is -2.33. The molecular weight excluding hydrogens is 322 g/mol. The van der Waals surface area contributed by atoms with Crippen molar-refractivity contribution < 1.29 is 0 Å². The van der Waals surface area contributed by atoms with Gasteiger partial charge >= 0.3 is 0 Å². The van der Waals surface area contributed by atoms with Gasteiger partial charge in [-0.25, -0.2) is 0 Å². The second-order valence-electron chi connectivity index (χ2n) is 6.01. The van der Waals surface area contributed by atoms with E-state index < -0.39 is 0 Å². The molecule has 110 valence electrons. The maximum Gasteiger partial charge on any atom is 0.0342 e. The SMILES string of the molecule is CCCc1ccc(NC2CC(c3cccc(Br)c3)C2)cc1. The summed E-state index contributed by atoms with van der Waals surface area (Å²) >= 11 is 3.56. The molecule has 3 rings (SSSR count). The summed E-state index contributed by atoms with van der Waals surface area (Å²) in [6.07, 6.45) is 4.85. The highest BCUT2D eigenvalue weighted by Gasteiger charge is 2.30. The zero-order valence-electron chi connectivity index (χ0n) is 12.5. The van der Waals surface area contributed by atoms with Gasteiger partial charge in [-0.2, -0.15) is 0 Å². The van der Waals surface area contributed by atoms with Crippen molar-refractivity contribution in [2.45, 2.75) is 44.6 Å². The third kappa shape index (κ3) is 3.68. The van der Waals surface area contributed by atoms with Crippen molar-refractivity contribution in [3.63, 3.8) is 0 Å². The van der Waals surface area contributed by atoms with Gasteiger partial charge in [0.2, 0.25) is 0 Å². The first kappa shape index (κ1) is 14.6. The van der Waals surface area contributed by atoms with Crippen LogP contribution in [-0.4, -0.2) is 6.04 Å². The molecule has 1 aliphatic carbocycles. The van der Waals surface area contributed by atoms with E-state index >= 15 is 0 Å². The van der Waals surface area contributed by atoms with E-state index in [-0.39, 0.29) is 0 Å². The first-order valence-corrected chi connectivity index (χ1v) is 8.65. The topological polar surface area (TPSA) is 12.0 Å². The number of hydrogen-bond acceptors (Lipinski definition) is 1. The summed E-state index contributed by atoms with van der Waals surface area (Å²) in [6.45, 7) is 2.22. The summed E-state index contributed by atoms with van der Waals surface area (Å²) in [7, 11) is 0. The summed E-state index contributed by atoms with van der Waals surface area (Å²) in [5.74, 6) is 0.708. The van der Waals surface area contributed by atoms with Gasteiger partial charge in [-0.15, -0.1) is 0 Å². The number of nitrogens with one attached hydrogen (secondary N) is 1. The Morgan fingerprint density at radius 1 is 1.10 bits per heavy atom. The molecule has 0 atom stereocenters. The largest absolute Gasteiger partial charge is 0.382 e. The molecule has 2 aromatic rings. The van der Waals surface area contributed by atoms with Crippen LogP contribution in [0.1, 0.15) is 43.2 Å². The van der Waals surface area contributed by atoms with Gasteiger partial charge in [0.15, 0.2) is 0 Å². The van der Waals surface area contributed by atoms with Crippen LogP contribution in [0.5, 0.6) is 0 Å². The Balaban J connectivity index is 1.52. The van der Waals surface area contributed by atoms with Crippen molar-refractivity contribution in [2.75, 3.05) is 5.32 Å². The van der Waals surface area contributed by atoms with Crippen LogP contribution in [0.4, 0.5) is 5.69 Å². The molecule has 1 saturated carbocycles. The molecule has 0 unspecified atom stereocenters. The Kier molecular flexibility index (Phi) is 4.64. The van der Waals surface area contributed by atoms with E-state index in [0.717, 1.165) is 0 Å². The van der Waals surface area contributed by atoms with Crippen LogP contribution in [0.25, 0.3) is 0 Å². The number of halogens is 1. The zero-order valence-corrected chi connectivity index (χ0v) is 14.1. The fourth-order valence-electron chi connectivity index (χ4n) is 3.06. The number of rotatable bonds is 5. The minimum Gasteiger partial charge on any atom is -0.382 e. The van der Waals surface area contributed by atoms with Gasteiger partial charge in [-0.1, -0.05) is 53.5 Å². The lowest BCUT2D eigenvalue weighted by molar-refractivity contribution is 0.374. The standard InChI is InChI=1S/C19H22BrN/c1-2-4-14-7-9-18(10-8-14)21-19-12-16(13-19)15-5-3-6-17(20)11-15/h3,5-11,16,19,21H,2,4,12-13H2,1H3. The van der Waals surface area contributed by atoms with Crippen molar-refractivity contribution in [1.82, 2.24) is 0 Å². The normalized spacial score (nSPS) is 20.9. The van der Waals surface area contributed by atoms with Crippen molar-refractivity contribution in [1.29, 1.82) is 0 Å². The van der Waals surface area contributed by atoms with Gasteiger partial charge in [0.25, 0.3) is 0 Å². The van der Waals surface area contributed by atoms with Gasteiger partial charge in [-0.05, 0) is 60.6 Å². The Labute approximate surface area is 135 Å². The van der Waals surface area contributed by atoms with Gasteiger partial charge in [0, 0.05) is 16.2 Å². The molecule has 0 saturated heterocycles. The summed E-state index contributed by atoms with van der Waals surface area (Å²) in [5, 5.41) is 3.65. The van der Waals surface area contributed by atoms with Crippen LogP contribution in [-0.2, 0) is 6.42 Å². The Morgan fingerprint density at radius 3 is 2.52 bits per heavy atom. The predicted octanol–water partition coefficient (Wildman–Crippen LogP) is 5.76. The van der Waals surface area contributed by atoms with Crippen LogP contribution in [0.3, 0.4) is 0 Å². The minimum atomic E-state index is 0.617. The second-order valence-corrected chi connectivity index (χ2v) is 6.93. The zero-order chi connectivity index (χ0) is 14.7. The van der Waals surface area contributed by atoms with Gasteiger partial charge in [0.1, 0.15) is 0 Å². The maximum absolute atomic E-state index is 3.65. The molecule has 0 heterocycles. The number of anilines is 1. The molecule has 1 fully saturated rings. The number of benzene rings is 2. The summed E-state index contributed by atoms with van der Waals surface area (Å²) in [4.78, 5) is 0. The van der Waals surface area contributed by atoms with E-state index in [9.17, 15) is 0 Å². The highest BCUT2D eigenvalue weighted by atomic mass is 79.9. The Bertz CT molecular complexity index is 585. The van der Waals surface area contributed by atoms with Gasteiger partial charge in [-0.3, -0.25) is 0 Å². The lowest BCUT2D eigenvalue weighted by Gasteiger charge is -2.37. The molecular formula is C19H22BrN. The predicted molar refractivity (Wildman–Crippen MR) is 94.0 cm³/mol. The molecule has 1 nitrogen and oxygen atoms in total. The molecule has 2 heteroatoms. The van der Waals surface area contributed by atoms with E-state index in [0.29, 0.717) is 12.0 Å². The molecule has 1 N–H and O–H groups in total. The summed E-state index contributed by atoms with van der Waals surface area (Å²) in [6, 6.07) is 18.3. The molecule has 21 heavy (non-hydrogen) atoms. The third-order valence-corrected chi connectivity index (χ3v) is 4.81. The number of hydrogen-bond donors (Lipinski definition) is 1. The van der Waals surface area contributed by atoms with Crippen molar-refractivity contribution in [2.24, 2.45) is 0 Å². The lowest BCUT2D eigenvalue weighted by atomic mass is 9.76. The molecule has 0 spiro atoms. The molecule has 0 aromatic heterocycles. The smallest absolute Gasteiger partial charge is 0.0342 e. The first-order valence-electron chi connectivity index (χ1n) is 7.85. The van der Waals surface area contributed by atoms with E-state index in [2.05, 4.69) is 76.7 Å². The third-order valence-electron chi connectivity index (χ3n) is 4.32. The fraction of sp³-hybridized carbons (Fsp3) is 0.368. The maximum atomic E-state index is 3.65. The molecule has 0 radical (unpaired) electrons. The second kappa shape index (κ2) is 6.65. The average molecular weight is 344 g/mol. The van der Waals surface area contributed by atoms with Crippen LogP contribution >= 0.6 is 15.9 Å². The molecule has 0 bridgehead atoms. The van der Waals surface area contributed by atoms with Crippen molar-refractivity contribution >= 4 is 21.6 Å². The van der Waals surface area contributed by atoms with Gasteiger partial charge in [0.05, 0.1) is 0 Å². The first-order chi connectivity index (χ1) is 10.2. The molecule has 0 aliphatic heterocycles. The van der Waals surface area contributed by atoms with Crippen LogP contribution in [0, 0.1) is 0 Å². The molecule has 1 aliphatic rings. The van der Waals surface area contributed by atoms with Gasteiger partial charge < -0.3 is 5.32 Å².